The minimum absolute atomic E-state index is 0.0808. The van der Waals surface area contributed by atoms with E-state index in [1.165, 1.54) is 12.1 Å². The lowest BCUT2D eigenvalue weighted by atomic mass is 9.79. The smallest absolute Gasteiger partial charge is 0.149 e. The number of para-hydroxylation sites is 2. The number of aromatic hydroxyl groups is 1. The number of fused-ring (bicyclic) bond motifs is 1. The van der Waals surface area contributed by atoms with Gasteiger partial charge in [0.25, 0.3) is 0 Å². The van der Waals surface area contributed by atoms with Gasteiger partial charge in [0.2, 0.25) is 0 Å². The molecule has 0 unspecified atom stereocenters. The van der Waals surface area contributed by atoms with Gasteiger partial charge in [-0.3, -0.25) is 9.55 Å². The Morgan fingerprint density at radius 1 is 0.517 bits per heavy atom. The van der Waals surface area contributed by atoms with Crippen molar-refractivity contribution in [1.82, 2.24) is 14.5 Å². The molecule has 2 heterocycles. The van der Waals surface area contributed by atoms with Crippen LogP contribution in [0.3, 0.4) is 0 Å². The molecule has 0 saturated heterocycles. The van der Waals surface area contributed by atoms with Gasteiger partial charge in [0, 0.05) is 40.9 Å². The average molecular weight is 769 g/mol. The van der Waals surface area contributed by atoms with Gasteiger partial charge >= 0.3 is 0 Å². The molecule has 0 aliphatic heterocycles. The van der Waals surface area contributed by atoms with Gasteiger partial charge in [0.05, 0.1) is 22.3 Å². The summed E-state index contributed by atoms with van der Waals surface area (Å²) in [6.45, 7) is 1.91. The first-order valence-electron chi connectivity index (χ1n) is 24.0. The molecule has 290 valence electrons. The topological polar surface area (TPSA) is 50.9 Å². The first kappa shape index (κ1) is 29.0. The Hall–Kier alpha value is -6.26. The summed E-state index contributed by atoms with van der Waals surface area (Å²) in [7, 11) is 0. The van der Waals surface area contributed by atoms with Crippen molar-refractivity contribution in [2.24, 2.45) is 0 Å². The van der Waals surface area contributed by atoms with Crippen LogP contribution in [0, 0.1) is 0 Å². The maximum atomic E-state index is 12.2. The summed E-state index contributed by atoms with van der Waals surface area (Å²) in [5.74, 6) is 0.519. The van der Waals surface area contributed by atoms with Crippen molar-refractivity contribution < 1.29 is 17.4 Å². The zero-order valence-electron chi connectivity index (χ0n) is 42.7. The highest BCUT2D eigenvalue weighted by atomic mass is 16.3. The fraction of sp³-hybridized carbons (Fsp3) is 0.222. The summed E-state index contributed by atoms with van der Waals surface area (Å²) < 4.78 is 80.4. The van der Waals surface area contributed by atoms with E-state index in [9.17, 15) is 5.11 Å². The molecule has 2 aromatic heterocycles. The highest BCUT2D eigenvalue weighted by molar-refractivity contribution is 5.97. The number of hydrogen-bond acceptors (Lipinski definition) is 3. The van der Waals surface area contributed by atoms with Crippen molar-refractivity contribution in [1.29, 1.82) is 0 Å². The van der Waals surface area contributed by atoms with Crippen LogP contribution >= 0.6 is 0 Å². The Bertz CT molecular complexity index is 3070. The Morgan fingerprint density at radius 2 is 1.14 bits per heavy atom. The van der Waals surface area contributed by atoms with Crippen molar-refractivity contribution in [2.75, 3.05) is 0 Å². The minimum Gasteiger partial charge on any atom is -0.507 e. The minimum atomic E-state index is -3.52. The molecule has 0 atom stereocenters. The van der Waals surface area contributed by atoms with Gasteiger partial charge in [-0.15, -0.1) is 0 Å². The molecule has 4 heteroatoms. The number of benzene rings is 6. The fourth-order valence-electron chi connectivity index (χ4n) is 7.56. The Balaban J connectivity index is 1.43. The second-order valence-corrected chi connectivity index (χ2v) is 17.1. The van der Waals surface area contributed by atoms with Crippen LogP contribution in [0.5, 0.6) is 5.75 Å². The number of phenolic OH excluding ortho intramolecular Hbond substituents is 1. The zero-order chi connectivity index (χ0) is 48.5. The van der Waals surface area contributed by atoms with Crippen LogP contribution in [0.25, 0.3) is 72.7 Å². The maximum Gasteiger partial charge on any atom is 0.149 e. The number of imidazole rings is 1. The molecule has 0 aliphatic rings. The molecule has 8 rings (SSSR count). The van der Waals surface area contributed by atoms with Crippen molar-refractivity contribution in [3.8, 4) is 67.5 Å². The van der Waals surface area contributed by atoms with Gasteiger partial charge in [0.15, 0.2) is 0 Å². The van der Waals surface area contributed by atoms with Crippen LogP contribution in [0.1, 0.15) is 91.1 Å². The van der Waals surface area contributed by atoms with Crippen molar-refractivity contribution in [3.05, 3.63) is 168 Å². The normalized spacial score (nSPS) is 15.2. The molecule has 1 N–H and O–H groups in total. The SMILES string of the molecule is [2H]C([2H])([2H])C(c1cc(-c2cc(-c3ccc(-c4ccccc4)cc3)ccn2)cc(-c2cccc3c2nc(-c2cc(C(C)(C)C)cc(C(C)(C)C)c2O)n3-c2ccccc2)c1)(C([2H])([2H])[2H])C([2H])([2H])[2H]. The zero-order valence-corrected chi connectivity index (χ0v) is 33.7. The fourth-order valence-corrected chi connectivity index (χ4v) is 7.56. The lowest BCUT2D eigenvalue weighted by molar-refractivity contribution is 0.446. The molecule has 0 amide bonds. The van der Waals surface area contributed by atoms with Gasteiger partial charge in [-0.1, -0.05) is 159 Å². The number of aromatic nitrogens is 3. The number of pyridine rings is 1. The quantitative estimate of drug-likeness (QED) is 0.183. The molecular weight excluding hydrogens is 707 g/mol. The molecule has 0 fully saturated rings. The summed E-state index contributed by atoms with van der Waals surface area (Å²) in [6.07, 6.45) is 1.62. The van der Waals surface area contributed by atoms with E-state index < -0.39 is 36.9 Å². The van der Waals surface area contributed by atoms with Crippen molar-refractivity contribution >= 4 is 11.0 Å². The van der Waals surface area contributed by atoms with Gasteiger partial charge in [0.1, 0.15) is 11.6 Å². The predicted molar refractivity (Wildman–Crippen MR) is 244 cm³/mol. The number of hydrogen-bond donors (Lipinski definition) is 1. The van der Waals surface area contributed by atoms with E-state index in [1.807, 2.05) is 147 Å². The van der Waals surface area contributed by atoms with Crippen LogP contribution in [0.2, 0.25) is 0 Å². The second-order valence-electron chi connectivity index (χ2n) is 17.1. The first-order chi connectivity index (χ1) is 31.3. The molecule has 4 nitrogen and oxygen atoms in total. The third-order valence-electron chi connectivity index (χ3n) is 10.8. The number of nitrogens with zero attached hydrogens (tertiary/aromatic N) is 3. The van der Waals surface area contributed by atoms with Gasteiger partial charge in [-0.25, -0.2) is 4.98 Å². The predicted octanol–water partition coefficient (Wildman–Crippen LogP) is 14.4. The highest BCUT2D eigenvalue weighted by Crippen LogP contribution is 2.45. The summed E-state index contributed by atoms with van der Waals surface area (Å²) in [5, 5.41) is 12.2. The van der Waals surface area contributed by atoms with E-state index in [0.29, 0.717) is 44.8 Å². The van der Waals surface area contributed by atoms with Crippen molar-refractivity contribution in [2.45, 2.75) is 78.3 Å². The molecular formula is C54H53N3O. The van der Waals surface area contributed by atoms with E-state index in [0.717, 1.165) is 39.1 Å². The summed E-state index contributed by atoms with van der Waals surface area (Å²) in [5.41, 5.74) is 4.85. The second kappa shape index (κ2) is 14.6. The van der Waals surface area contributed by atoms with E-state index in [4.69, 9.17) is 22.3 Å². The summed E-state index contributed by atoms with van der Waals surface area (Å²) in [6, 6.07) is 45.3. The van der Waals surface area contributed by atoms with E-state index >= 15 is 0 Å². The molecule has 6 aromatic carbocycles. The number of phenols is 1. The monoisotopic (exact) mass is 768 g/mol. The third-order valence-corrected chi connectivity index (χ3v) is 10.8. The van der Waals surface area contributed by atoms with Crippen LogP contribution in [-0.4, -0.2) is 19.6 Å². The Morgan fingerprint density at radius 3 is 1.79 bits per heavy atom. The van der Waals surface area contributed by atoms with Gasteiger partial charge in [-0.05, 0) is 104 Å². The molecule has 0 spiro atoms. The standard InChI is InChI=1S/C54H53N3O/c1-52(2,3)41-30-39(29-40(31-41)47-32-38(27-28-55-47)37-25-23-36(24-26-37)35-17-12-10-13-18-35)44-21-16-22-48-49(44)56-51(57(48)43-19-14-11-15-20-43)45-33-42(53(4,5)6)34-46(50(45)58)54(7,8)9/h10-34,58H,1-9H3/i1D3,2D3,3D3. The highest BCUT2D eigenvalue weighted by Gasteiger charge is 2.29. The molecule has 0 aliphatic carbocycles. The molecule has 58 heavy (non-hydrogen) atoms. The molecule has 8 aromatic rings. The molecule has 0 radical (unpaired) electrons. The Labute approximate surface area is 356 Å². The van der Waals surface area contributed by atoms with E-state index in [1.54, 1.807) is 18.3 Å². The third kappa shape index (κ3) is 7.47. The molecule has 0 saturated carbocycles. The van der Waals surface area contributed by atoms with Gasteiger partial charge < -0.3 is 5.11 Å². The average Bonchev–Trinajstić information content (AvgIpc) is 3.64. The Kier molecular flexibility index (Phi) is 7.31. The largest absolute Gasteiger partial charge is 0.507 e. The van der Waals surface area contributed by atoms with Gasteiger partial charge in [-0.2, -0.15) is 0 Å². The lowest BCUT2D eigenvalue weighted by Crippen LogP contribution is -2.17. The lowest BCUT2D eigenvalue weighted by Gasteiger charge is -2.27. The number of rotatable bonds is 6. The van der Waals surface area contributed by atoms with Crippen LogP contribution in [0.4, 0.5) is 0 Å². The van der Waals surface area contributed by atoms with E-state index in [-0.39, 0.29) is 11.2 Å². The summed E-state index contributed by atoms with van der Waals surface area (Å²) in [4.78, 5) is 10.0. The first-order valence-corrected chi connectivity index (χ1v) is 19.5. The summed E-state index contributed by atoms with van der Waals surface area (Å²) >= 11 is 0. The van der Waals surface area contributed by atoms with Crippen molar-refractivity contribution in [3.63, 3.8) is 0 Å². The van der Waals surface area contributed by atoms with Crippen LogP contribution < -0.4 is 0 Å². The van der Waals surface area contributed by atoms with Crippen LogP contribution in [-0.2, 0) is 16.2 Å². The van der Waals surface area contributed by atoms with Crippen LogP contribution in [0.15, 0.2) is 152 Å². The molecule has 0 bridgehead atoms. The maximum absolute atomic E-state index is 12.2. The van der Waals surface area contributed by atoms with E-state index in [2.05, 4.69) is 20.8 Å².